The third kappa shape index (κ3) is 2.74. The van der Waals surface area contributed by atoms with Crippen LogP contribution in [0.4, 0.5) is 0 Å². The van der Waals surface area contributed by atoms with Crippen molar-refractivity contribution in [3.05, 3.63) is 41.3 Å². The van der Waals surface area contributed by atoms with Gasteiger partial charge in [0, 0.05) is 24.8 Å². The number of esters is 1. The van der Waals surface area contributed by atoms with Crippen LogP contribution in [-0.4, -0.2) is 18.2 Å². The molecule has 0 aromatic heterocycles. The van der Waals surface area contributed by atoms with Gasteiger partial charge in [-0.15, -0.1) is 0 Å². The predicted molar refractivity (Wildman–Crippen MR) is 81.4 cm³/mol. The van der Waals surface area contributed by atoms with Crippen molar-refractivity contribution in [1.29, 1.82) is 5.26 Å². The largest absolute Gasteiger partial charge is 0.458 e. The van der Waals surface area contributed by atoms with E-state index in [0.717, 1.165) is 5.56 Å². The topological polar surface area (TPSA) is 109 Å². The van der Waals surface area contributed by atoms with Crippen LogP contribution < -0.4 is 21.3 Å². The van der Waals surface area contributed by atoms with Crippen molar-refractivity contribution >= 4 is 5.97 Å². The van der Waals surface area contributed by atoms with Gasteiger partial charge in [-0.2, -0.15) is 5.26 Å². The highest BCUT2D eigenvalue weighted by Gasteiger charge is 2.46. The summed E-state index contributed by atoms with van der Waals surface area (Å²) in [4.78, 5) is 11.0. The lowest BCUT2D eigenvalue weighted by molar-refractivity contribution is -0.131. The average molecular weight is 314 g/mol. The van der Waals surface area contributed by atoms with Crippen LogP contribution in [-0.2, 0) is 9.53 Å². The molecule has 7 heteroatoms. The Morgan fingerprint density at radius 2 is 2.04 bits per heavy atom. The minimum atomic E-state index is -0.372. The van der Waals surface area contributed by atoms with Gasteiger partial charge in [-0.3, -0.25) is 10.2 Å². The van der Waals surface area contributed by atoms with Gasteiger partial charge < -0.3 is 15.2 Å². The molecular formula is C16H18N4O3. The zero-order chi connectivity index (χ0) is 16.6. The van der Waals surface area contributed by atoms with Gasteiger partial charge in [0.15, 0.2) is 6.23 Å². The Morgan fingerprint density at radius 3 is 2.65 bits per heavy atom. The van der Waals surface area contributed by atoms with Crippen LogP contribution in [0.1, 0.15) is 25.3 Å². The molecule has 2 aliphatic heterocycles. The molecule has 1 aromatic carbocycles. The third-order valence-electron chi connectivity index (χ3n) is 4.22. The van der Waals surface area contributed by atoms with Crippen LogP contribution in [0, 0.1) is 17.2 Å². The highest BCUT2D eigenvalue weighted by molar-refractivity contribution is 5.69. The second-order valence-corrected chi connectivity index (χ2v) is 5.72. The Balaban J connectivity index is 1.98. The summed E-state index contributed by atoms with van der Waals surface area (Å²) in [6.45, 7) is 3.38. The van der Waals surface area contributed by atoms with Gasteiger partial charge in [0.2, 0.25) is 5.88 Å². The van der Waals surface area contributed by atoms with Crippen molar-refractivity contribution in [3.8, 4) is 11.8 Å². The van der Waals surface area contributed by atoms with E-state index in [0.29, 0.717) is 11.3 Å². The Morgan fingerprint density at radius 1 is 1.35 bits per heavy atom. The summed E-state index contributed by atoms with van der Waals surface area (Å²) >= 11 is 0. The van der Waals surface area contributed by atoms with Crippen LogP contribution in [0.2, 0.25) is 0 Å². The molecule has 4 unspecified atom stereocenters. The van der Waals surface area contributed by atoms with Gasteiger partial charge in [0.25, 0.3) is 0 Å². The van der Waals surface area contributed by atoms with E-state index >= 15 is 0 Å². The molecule has 0 spiro atoms. The maximum Gasteiger partial charge on any atom is 0.308 e. The molecule has 0 saturated carbocycles. The van der Waals surface area contributed by atoms with E-state index in [1.807, 2.05) is 19.1 Å². The molecule has 2 aliphatic rings. The van der Waals surface area contributed by atoms with Gasteiger partial charge in [0.1, 0.15) is 11.8 Å². The van der Waals surface area contributed by atoms with E-state index < -0.39 is 0 Å². The number of nitrogens with zero attached hydrogens (tertiary/aromatic N) is 1. The van der Waals surface area contributed by atoms with E-state index in [2.05, 4.69) is 16.9 Å². The molecule has 1 aromatic rings. The second kappa shape index (κ2) is 5.91. The highest BCUT2D eigenvalue weighted by Crippen LogP contribution is 2.42. The minimum absolute atomic E-state index is 0.0246. The lowest BCUT2D eigenvalue weighted by atomic mass is 9.76. The Labute approximate surface area is 134 Å². The van der Waals surface area contributed by atoms with E-state index in [1.54, 1.807) is 12.1 Å². The number of benzene rings is 1. The summed E-state index contributed by atoms with van der Waals surface area (Å²) in [5, 5.41) is 9.49. The fourth-order valence-corrected chi connectivity index (χ4v) is 3.21. The average Bonchev–Trinajstić information content (AvgIpc) is 2.87. The molecule has 4 N–H and O–H groups in total. The van der Waals surface area contributed by atoms with Crippen molar-refractivity contribution in [3.63, 3.8) is 0 Å². The Bertz CT molecular complexity index is 692. The smallest absolute Gasteiger partial charge is 0.308 e. The summed E-state index contributed by atoms with van der Waals surface area (Å²) in [5.74, 6) is 0.0740. The number of ether oxygens (including phenoxy) is 2. The summed E-state index contributed by atoms with van der Waals surface area (Å²) < 4.78 is 10.7. The number of nitriles is 1. The summed E-state index contributed by atoms with van der Waals surface area (Å²) in [7, 11) is 0. The lowest BCUT2D eigenvalue weighted by Crippen LogP contribution is -2.41. The summed E-state index contributed by atoms with van der Waals surface area (Å²) in [6.07, 6.45) is -0.291. The first-order valence-electron chi connectivity index (χ1n) is 7.37. The van der Waals surface area contributed by atoms with Crippen molar-refractivity contribution in [2.45, 2.75) is 32.0 Å². The number of nitrogens with one attached hydrogen (secondary N) is 2. The molecule has 120 valence electrons. The summed E-state index contributed by atoms with van der Waals surface area (Å²) in [5.41, 5.74) is 13.4. The van der Waals surface area contributed by atoms with Crippen molar-refractivity contribution in [2.75, 3.05) is 0 Å². The highest BCUT2D eigenvalue weighted by atomic mass is 16.5. The molecular weight excluding hydrogens is 296 g/mol. The molecule has 7 nitrogen and oxygen atoms in total. The van der Waals surface area contributed by atoms with Crippen LogP contribution >= 0.6 is 0 Å². The van der Waals surface area contributed by atoms with Crippen LogP contribution in [0.25, 0.3) is 0 Å². The SMILES string of the molecule is CC(=O)Oc1ccc(C2C(C#N)=C(N)OC3NNC(C)C32)cc1. The van der Waals surface area contributed by atoms with Gasteiger partial charge in [-0.25, -0.2) is 5.43 Å². The van der Waals surface area contributed by atoms with Crippen LogP contribution in [0.3, 0.4) is 0 Å². The lowest BCUT2D eigenvalue weighted by Gasteiger charge is -2.35. The van der Waals surface area contributed by atoms with Crippen molar-refractivity contribution < 1.29 is 14.3 Å². The molecule has 2 heterocycles. The molecule has 0 aliphatic carbocycles. The van der Waals surface area contributed by atoms with Gasteiger partial charge in [0.05, 0.1) is 5.57 Å². The Kier molecular flexibility index (Phi) is 3.94. The van der Waals surface area contributed by atoms with Crippen LogP contribution in [0.5, 0.6) is 5.75 Å². The molecule has 1 fully saturated rings. The molecule has 4 atom stereocenters. The number of carbonyl (C=O) groups excluding carboxylic acids is 1. The Hall–Kier alpha value is -2.56. The van der Waals surface area contributed by atoms with E-state index in [9.17, 15) is 10.1 Å². The molecule has 23 heavy (non-hydrogen) atoms. The first-order valence-corrected chi connectivity index (χ1v) is 7.37. The molecule has 1 saturated heterocycles. The van der Waals surface area contributed by atoms with Gasteiger partial charge in [-0.1, -0.05) is 12.1 Å². The van der Waals surface area contributed by atoms with E-state index in [4.69, 9.17) is 15.2 Å². The molecule has 0 bridgehead atoms. The number of hydrogen-bond acceptors (Lipinski definition) is 7. The molecule has 3 rings (SSSR count). The van der Waals surface area contributed by atoms with Crippen molar-refractivity contribution in [1.82, 2.24) is 10.9 Å². The quantitative estimate of drug-likeness (QED) is 0.548. The minimum Gasteiger partial charge on any atom is -0.458 e. The van der Waals surface area contributed by atoms with Crippen molar-refractivity contribution in [2.24, 2.45) is 11.7 Å². The number of rotatable bonds is 2. The predicted octanol–water partition coefficient (Wildman–Crippen LogP) is 0.858. The number of carbonyl (C=O) groups is 1. The fraction of sp³-hybridized carbons (Fsp3) is 0.375. The number of hydrazine groups is 1. The van der Waals surface area contributed by atoms with Gasteiger partial charge >= 0.3 is 5.97 Å². The molecule has 0 radical (unpaired) electrons. The number of hydrogen-bond donors (Lipinski definition) is 3. The first kappa shape index (κ1) is 15.3. The number of allylic oxidation sites excluding steroid dienone is 1. The van der Waals surface area contributed by atoms with E-state index in [-0.39, 0.29) is 36.0 Å². The van der Waals surface area contributed by atoms with Gasteiger partial charge in [-0.05, 0) is 24.6 Å². The maximum atomic E-state index is 11.0. The number of fused-ring (bicyclic) bond motifs is 1. The zero-order valence-electron chi connectivity index (χ0n) is 12.9. The first-order chi connectivity index (χ1) is 11.0. The monoisotopic (exact) mass is 314 g/mol. The number of nitrogens with two attached hydrogens (primary N) is 1. The maximum absolute atomic E-state index is 11.0. The third-order valence-corrected chi connectivity index (χ3v) is 4.22. The molecule has 0 amide bonds. The van der Waals surface area contributed by atoms with E-state index in [1.165, 1.54) is 6.92 Å². The second-order valence-electron chi connectivity index (χ2n) is 5.72. The fourth-order valence-electron chi connectivity index (χ4n) is 3.21. The standard InChI is InChI=1S/C16H18N4O3/c1-8-13-14(10-3-5-11(6-4-10)22-9(2)21)12(7-17)15(18)23-16(13)20-19-8/h3-6,8,13-14,16,19-20H,18H2,1-2H3. The normalized spacial score (nSPS) is 29.4. The zero-order valence-corrected chi connectivity index (χ0v) is 12.9. The van der Waals surface area contributed by atoms with Crippen LogP contribution in [0.15, 0.2) is 35.7 Å². The summed E-state index contributed by atoms with van der Waals surface area (Å²) in [6, 6.07) is 9.40.